The van der Waals surface area contributed by atoms with Crippen molar-refractivity contribution in [2.75, 3.05) is 35.5 Å². The topological polar surface area (TPSA) is 91.0 Å². The van der Waals surface area contributed by atoms with Crippen LogP contribution in [0.3, 0.4) is 0 Å². The zero-order chi connectivity index (χ0) is 29.4. The molecule has 2 amide bonds. The Bertz CT molecular complexity index is 1390. The second-order valence-electron chi connectivity index (χ2n) is 10.6. The molecule has 1 aliphatic rings. The number of nitrogens with one attached hydrogen (secondary N) is 2. The van der Waals surface area contributed by atoms with Crippen molar-refractivity contribution < 1.29 is 17.9 Å². The first-order chi connectivity index (χ1) is 19.6. The van der Waals surface area contributed by atoms with E-state index in [0.29, 0.717) is 28.8 Å². The second-order valence-corrected chi connectivity index (χ2v) is 12.7. The molecule has 0 unspecified atom stereocenters. The average Bonchev–Trinajstić information content (AvgIpc) is 2.93. The Labute approximate surface area is 248 Å². The van der Waals surface area contributed by atoms with Crippen molar-refractivity contribution >= 4 is 39.0 Å². The van der Waals surface area contributed by atoms with Gasteiger partial charge < -0.3 is 10.1 Å². The lowest BCUT2D eigenvalue weighted by Crippen LogP contribution is -2.49. The molecule has 1 saturated heterocycles. The third-order valence-electron chi connectivity index (χ3n) is 7.08. The number of hydrogen-bond acceptors (Lipinski definition) is 5. The Kier molecular flexibility index (Phi) is 10.5. The van der Waals surface area contributed by atoms with E-state index in [1.165, 1.54) is 5.56 Å². The van der Waals surface area contributed by atoms with Gasteiger partial charge in [0.2, 0.25) is 10.0 Å². The Morgan fingerprint density at radius 2 is 1.66 bits per heavy atom. The predicted octanol–water partition coefficient (Wildman–Crippen LogP) is 6.79. The van der Waals surface area contributed by atoms with Gasteiger partial charge in [-0.1, -0.05) is 49.2 Å². The number of aryl methyl sites for hydroxylation is 1. The molecule has 10 heteroatoms. The molecule has 0 bridgehead atoms. The minimum absolute atomic E-state index is 0.0787. The van der Waals surface area contributed by atoms with Crippen LogP contribution in [0.1, 0.15) is 43.7 Å². The molecule has 0 radical (unpaired) electrons. The molecular weight excluding hydrogens is 560 g/mol. The zero-order valence-electron chi connectivity index (χ0n) is 23.9. The summed E-state index contributed by atoms with van der Waals surface area (Å²) in [6.45, 7) is 7.37. The predicted molar refractivity (Wildman–Crippen MR) is 167 cm³/mol. The van der Waals surface area contributed by atoms with Gasteiger partial charge in [0.25, 0.3) is 0 Å². The van der Waals surface area contributed by atoms with Gasteiger partial charge in [0, 0.05) is 37.9 Å². The summed E-state index contributed by atoms with van der Waals surface area (Å²) in [6, 6.07) is 20.6. The van der Waals surface area contributed by atoms with Gasteiger partial charge in [-0.15, -0.1) is 0 Å². The minimum Gasteiger partial charge on any atom is -0.457 e. The number of ether oxygens (including phenoxy) is 1. The van der Waals surface area contributed by atoms with Gasteiger partial charge in [0.15, 0.2) is 0 Å². The van der Waals surface area contributed by atoms with Crippen molar-refractivity contribution in [1.82, 2.24) is 10.2 Å². The van der Waals surface area contributed by atoms with Crippen LogP contribution >= 0.6 is 11.6 Å². The Morgan fingerprint density at radius 3 is 2.24 bits per heavy atom. The molecule has 1 heterocycles. The van der Waals surface area contributed by atoms with Crippen molar-refractivity contribution in [2.45, 2.75) is 52.1 Å². The fraction of sp³-hybridized carbons (Fsp3) is 0.387. The molecule has 3 aromatic carbocycles. The van der Waals surface area contributed by atoms with Crippen LogP contribution in [-0.4, -0.2) is 51.3 Å². The molecule has 220 valence electrons. The number of halogens is 1. The zero-order valence-corrected chi connectivity index (χ0v) is 25.5. The molecule has 0 atom stereocenters. The molecule has 1 aliphatic heterocycles. The van der Waals surface area contributed by atoms with Crippen LogP contribution in [0.4, 0.5) is 16.2 Å². The van der Waals surface area contributed by atoms with E-state index in [1.54, 1.807) is 29.2 Å². The number of para-hydroxylation sites is 1. The molecular formula is C31H39ClN4O4S. The van der Waals surface area contributed by atoms with Crippen LogP contribution in [0, 0.1) is 6.92 Å². The standard InChI is InChI=1S/C31H39ClN4O4S/c1-4-5-19-36(30-23(2)7-6-8-29(30)32)31(37)33-25-17-20-35(21-18-25)22-24-9-13-27(14-10-24)40-28-15-11-26(12-16-28)34-41(3,38)39/h6-16,25,34H,4-5,17-22H2,1-3H3,(H,33,37). The van der Waals surface area contributed by atoms with Gasteiger partial charge in [0.05, 0.1) is 17.0 Å². The highest BCUT2D eigenvalue weighted by Gasteiger charge is 2.25. The van der Waals surface area contributed by atoms with Crippen LogP contribution in [0.25, 0.3) is 0 Å². The number of hydrogen-bond donors (Lipinski definition) is 2. The third-order valence-corrected chi connectivity index (χ3v) is 7.99. The number of rotatable bonds is 11. The van der Waals surface area contributed by atoms with E-state index in [9.17, 15) is 13.2 Å². The van der Waals surface area contributed by atoms with Crippen molar-refractivity contribution in [2.24, 2.45) is 0 Å². The Hall–Kier alpha value is -3.27. The number of sulfonamides is 1. The van der Waals surface area contributed by atoms with Gasteiger partial charge in [0.1, 0.15) is 11.5 Å². The van der Waals surface area contributed by atoms with Crippen molar-refractivity contribution in [3.05, 3.63) is 82.9 Å². The average molecular weight is 599 g/mol. The normalized spacial score (nSPS) is 14.4. The molecule has 8 nitrogen and oxygen atoms in total. The van der Waals surface area contributed by atoms with Gasteiger partial charge in [-0.3, -0.25) is 14.5 Å². The smallest absolute Gasteiger partial charge is 0.322 e. The quantitative estimate of drug-likeness (QED) is 0.253. The molecule has 41 heavy (non-hydrogen) atoms. The fourth-order valence-corrected chi connectivity index (χ4v) is 5.83. The SMILES string of the molecule is CCCCN(C(=O)NC1CCN(Cc2ccc(Oc3ccc(NS(C)(=O)=O)cc3)cc2)CC1)c1c(C)cccc1Cl. The van der Waals surface area contributed by atoms with Crippen LogP contribution in [0.2, 0.25) is 5.02 Å². The number of piperidine rings is 1. The number of carbonyl (C=O) groups excluding carboxylic acids is 1. The number of amides is 2. The number of anilines is 2. The lowest BCUT2D eigenvalue weighted by Gasteiger charge is -2.34. The maximum atomic E-state index is 13.3. The minimum atomic E-state index is -3.31. The molecule has 0 spiro atoms. The summed E-state index contributed by atoms with van der Waals surface area (Å²) in [4.78, 5) is 17.5. The molecule has 0 saturated carbocycles. The van der Waals surface area contributed by atoms with E-state index in [-0.39, 0.29) is 12.1 Å². The number of carbonyl (C=O) groups is 1. The molecule has 0 aromatic heterocycles. The van der Waals surface area contributed by atoms with Gasteiger partial charge in [-0.2, -0.15) is 0 Å². The monoisotopic (exact) mass is 598 g/mol. The number of benzene rings is 3. The number of likely N-dealkylation sites (tertiary alicyclic amines) is 1. The van der Waals surface area contributed by atoms with Crippen molar-refractivity contribution in [3.8, 4) is 11.5 Å². The summed E-state index contributed by atoms with van der Waals surface area (Å²) >= 11 is 6.50. The molecule has 0 aliphatic carbocycles. The molecule has 1 fully saturated rings. The van der Waals surface area contributed by atoms with E-state index in [0.717, 1.165) is 62.8 Å². The van der Waals surface area contributed by atoms with Gasteiger partial charge in [-0.05, 0) is 79.8 Å². The highest BCUT2D eigenvalue weighted by Crippen LogP contribution is 2.30. The van der Waals surface area contributed by atoms with E-state index >= 15 is 0 Å². The summed E-state index contributed by atoms with van der Waals surface area (Å²) in [7, 11) is -3.31. The maximum absolute atomic E-state index is 13.3. The first-order valence-corrected chi connectivity index (χ1v) is 16.3. The van der Waals surface area contributed by atoms with E-state index in [1.807, 2.05) is 37.3 Å². The van der Waals surface area contributed by atoms with Gasteiger partial charge >= 0.3 is 6.03 Å². The highest BCUT2D eigenvalue weighted by atomic mass is 35.5. The van der Waals surface area contributed by atoms with Gasteiger partial charge in [-0.25, -0.2) is 13.2 Å². The summed E-state index contributed by atoms with van der Waals surface area (Å²) < 4.78 is 31.1. The first-order valence-electron chi connectivity index (χ1n) is 14.0. The largest absolute Gasteiger partial charge is 0.457 e. The summed E-state index contributed by atoms with van der Waals surface area (Å²) in [5, 5.41) is 3.86. The lowest BCUT2D eigenvalue weighted by molar-refractivity contribution is 0.188. The summed E-state index contributed by atoms with van der Waals surface area (Å²) in [6.07, 6.45) is 4.80. The van der Waals surface area contributed by atoms with Crippen LogP contribution < -0.4 is 19.7 Å². The maximum Gasteiger partial charge on any atom is 0.322 e. The summed E-state index contributed by atoms with van der Waals surface area (Å²) in [5.41, 5.74) is 3.47. The molecule has 2 N–H and O–H groups in total. The molecule has 3 aromatic rings. The number of urea groups is 1. The first kappa shape index (κ1) is 30.7. The van der Waals surface area contributed by atoms with Crippen molar-refractivity contribution in [1.29, 1.82) is 0 Å². The third kappa shape index (κ3) is 9.11. The number of nitrogens with zero attached hydrogens (tertiary/aromatic N) is 2. The Balaban J connectivity index is 1.26. The second kappa shape index (κ2) is 14.1. The number of unbranched alkanes of at least 4 members (excludes halogenated alkanes) is 1. The Morgan fingerprint density at radius 1 is 1.02 bits per heavy atom. The van der Waals surface area contributed by atoms with Crippen LogP contribution in [0.15, 0.2) is 66.7 Å². The van der Waals surface area contributed by atoms with Crippen LogP contribution in [0.5, 0.6) is 11.5 Å². The van der Waals surface area contributed by atoms with Crippen molar-refractivity contribution in [3.63, 3.8) is 0 Å². The van der Waals surface area contributed by atoms with E-state index in [2.05, 4.69) is 34.0 Å². The highest BCUT2D eigenvalue weighted by molar-refractivity contribution is 7.92. The lowest BCUT2D eigenvalue weighted by atomic mass is 10.0. The van der Waals surface area contributed by atoms with E-state index < -0.39 is 10.0 Å². The van der Waals surface area contributed by atoms with Crippen LogP contribution in [-0.2, 0) is 16.6 Å². The fourth-order valence-electron chi connectivity index (χ4n) is 4.95. The summed E-state index contributed by atoms with van der Waals surface area (Å²) in [5.74, 6) is 1.33. The molecule has 4 rings (SSSR count). The van der Waals surface area contributed by atoms with E-state index in [4.69, 9.17) is 16.3 Å².